The van der Waals surface area contributed by atoms with E-state index in [-0.39, 0.29) is 29.6 Å². The summed E-state index contributed by atoms with van der Waals surface area (Å²) >= 11 is 1.51. The molecule has 4 atom stereocenters. The van der Waals surface area contributed by atoms with Gasteiger partial charge in [0.15, 0.2) is 0 Å². The van der Waals surface area contributed by atoms with Crippen molar-refractivity contribution in [1.29, 1.82) is 0 Å². The molecule has 0 aromatic heterocycles. The zero-order valence-corrected chi connectivity index (χ0v) is 13.3. The number of carbonyl (C=O) groups excluding carboxylic acids is 4. The van der Waals surface area contributed by atoms with Gasteiger partial charge >= 0.3 is 0 Å². The molecule has 4 heterocycles. The van der Waals surface area contributed by atoms with E-state index in [1.165, 1.54) is 21.6 Å². The van der Waals surface area contributed by atoms with Crippen LogP contribution in [0.15, 0.2) is 0 Å². The van der Waals surface area contributed by atoms with Gasteiger partial charge in [-0.2, -0.15) is 0 Å². The standard InChI is InChI=1S/C14H18N4O4S/c15-12(20)9-6-23-11-4-8(14(22)18(9)11)17-5-10(19)16-3-1-2-7(16)13(17)21/h7-9,11H,1-6H2,(H2,15,20)/t7-,8+,9+,11+/m0/s1. The quantitative estimate of drug-likeness (QED) is 0.649. The maximum atomic E-state index is 12.7. The van der Waals surface area contributed by atoms with Crippen molar-refractivity contribution in [1.82, 2.24) is 14.7 Å². The summed E-state index contributed by atoms with van der Waals surface area (Å²) in [4.78, 5) is 53.7. The summed E-state index contributed by atoms with van der Waals surface area (Å²) in [5.41, 5.74) is 5.37. The van der Waals surface area contributed by atoms with Crippen LogP contribution in [0.3, 0.4) is 0 Å². The van der Waals surface area contributed by atoms with Crippen molar-refractivity contribution in [3.8, 4) is 0 Å². The van der Waals surface area contributed by atoms with Crippen molar-refractivity contribution in [2.24, 2.45) is 5.73 Å². The smallest absolute Gasteiger partial charge is 0.247 e. The van der Waals surface area contributed by atoms with E-state index in [4.69, 9.17) is 5.73 Å². The molecule has 124 valence electrons. The molecule has 0 unspecified atom stereocenters. The van der Waals surface area contributed by atoms with Crippen molar-refractivity contribution in [3.05, 3.63) is 0 Å². The van der Waals surface area contributed by atoms with Crippen LogP contribution in [0.1, 0.15) is 19.3 Å². The second-order valence-electron chi connectivity index (χ2n) is 6.41. The predicted molar refractivity (Wildman–Crippen MR) is 80.9 cm³/mol. The lowest BCUT2D eigenvalue weighted by atomic mass is 10.1. The molecule has 4 aliphatic heterocycles. The molecular weight excluding hydrogens is 320 g/mol. The van der Waals surface area contributed by atoms with E-state index in [0.29, 0.717) is 25.1 Å². The molecule has 0 bridgehead atoms. The second kappa shape index (κ2) is 5.12. The largest absolute Gasteiger partial charge is 0.368 e. The first kappa shape index (κ1) is 14.8. The molecule has 0 spiro atoms. The Balaban J connectivity index is 1.57. The van der Waals surface area contributed by atoms with Crippen molar-refractivity contribution >= 4 is 35.4 Å². The lowest BCUT2D eigenvalue weighted by Crippen LogP contribution is -2.61. The first-order valence-corrected chi connectivity index (χ1v) is 8.87. The number of hydrogen-bond donors (Lipinski definition) is 1. The molecule has 9 heteroatoms. The minimum Gasteiger partial charge on any atom is -0.368 e. The first-order chi connectivity index (χ1) is 11.0. The van der Waals surface area contributed by atoms with Gasteiger partial charge in [-0.25, -0.2) is 0 Å². The lowest BCUT2D eigenvalue weighted by Gasteiger charge is -2.38. The van der Waals surface area contributed by atoms with Crippen LogP contribution in [0.5, 0.6) is 0 Å². The van der Waals surface area contributed by atoms with Crippen molar-refractivity contribution in [2.45, 2.75) is 42.8 Å². The van der Waals surface area contributed by atoms with Gasteiger partial charge in [0.1, 0.15) is 24.7 Å². The number of rotatable bonds is 2. The highest BCUT2D eigenvalue weighted by Gasteiger charge is 2.54. The minimum absolute atomic E-state index is 0.0434. The summed E-state index contributed by atoms with van der Waals surface area (Å²) in [5, 5.41) is -0.130. The van der Waals surface area contributed by atoms with Gasteiger partial charge < -0.3 is 20.4 Å². The molecule has 4 rings (SSSR count). The van der Waals surface area contributed by atoms with Gasteiger partial charge in [-0.15, -0.1) is 11.8 Å². The maximum Gasteiger partial charge on any atom is 0.247 e. The number of nitrogens with two attached hydrogens (primary N) is 1. The van der Waals surface area contributed by atoms with Crippen LogP contribution in [0.4, 0.5) is 0 Å². The number of fused-ring (bicyclic) bond motifs is 2. The Morgan fingerprint density at radius 1 is 1.13 bits per heavy atom. The Kier molecular flexibility index (Phi) is 3.29. The lowest BCUT2D eigenvalue weighted by molar-refractivity contribution is -0.158. The van der Waals surface area contributed by atoms with E-state index in [0.717, 1.165) is 6.42 Å². The number of nitrogens with zero attached hydrogens (tertiary/aromatic N) is 3. The molecule has 4 amide bonds. The van der Waals surface area contributed by atoms with Gasteiger partial charge in [-0.1, -0.05) is 0 Å². The fourth-order valence-corrected chi connectivity index (χ4v) is 5.54. The minimum atomic E-state index is -0.645. The van der Waals surface area contributed by atoms with Crippen molar-refractivity contribution < 1.29 is 19.2 Å². The number of piperazine rings is 1. The predicted octanol–water partition coefficient (Wildman–Crippen LogP) is -1.65. The molecule has 4 saturated heterocycles. The second-order valence-corrected chi connectivity index (χ2v) is 7.63. The third-order valence-corrected chi connectivity index (χ3v) is 6.52. The zero-order chi connectivity index (χ0) is 16.3. The van der Waals surface area contributed by atoms with Gasteiger partial charge in [-0.05, 0) is 12.8 Å². The SMILES string of the molecule is NC(=O)[C@H]1CS[C@@H]2C[C@@H](N3CC(=O)N4CCC[C@H]4C3=O)C(=O)N12. The van der Waals surface area contributed by atoms with E-state index < -0.39 is 24.0 Å². The normalized spacial score (nSPS) is 36.7. The van der Waals surface area contributed by atoms with Crippen LogP contribution in [0.25, 0.3) is 0 Å². The van der Waals surface area contributed by atoms with E-state index in [1.54, 1.807) is 4.90 Å². The van der Waals surface area contributed by atoms with Crippen molar-refractivity contribution in [2.75, 3.05) is 18.8 Å². The van der Waals surface area contributed by atoms with E-state index in [9.17, 15) is 19.2 Å². The molecule has 0 saturated carbocycles. The van der Waals surface area contributed by atoms with Crippen LogP contribution < -0.4 is 5.73 Å². The monoisotopic (exact) mass is 338 g/mol. The molecule has 8 nitrogen and oxygen atoms in total. The topological polar surface area (TPSA) is 104 Å². The highest BCUT2D eigenvalue weighted by Crippen LogP contribution is 2.40. The molecule has 0 radical (unpaired) electrons. The van der Waals surface area contributed by atoms with Gasteiger partial charge in [-0.3, -0.25) is 19.2 Å². The number of amides is 4. The van der Waals surface area contributed by atoms with E-state index in [2.05, 4.69) is 0 Å². The van der Waals surface area contributed by atoms with Crippen LogP contribution in [-0.2, 0) is 19.2 Å². The third-order valence-electron chi connectivity index (χ3n) is 5.21. The van der Waals surface area contributed by atoms with Crippen molar-refractivity contribution in [3.63, 3.8) is 0 Å². The van der Waals surface area contributed by atoms with Gasteiger partial charge in [0.25, 0.3) is 0 Å². The zero-order valence-electron chi connectivity index (χ0n) is 12.5. The van der Waals surface area contributed by atoms with E-state index >= 15 is 0 Å². The third kappa shape index (κ3) is 2.05. The average Bonchev–Trinajstić information content (AvgIpc) is 3.19. The fourth-order valence-electron chi connectivity index (χ4n) is 4.08. The first-order valence-electron chi connectivity index (χ1n) is 7.82. The Hall–Kier alpha value is -1.77. The van der Waals surface area contributed by atoms with Crippen LogP contribution in [0, 0.1) is 0 Å². The van der Waals surface area contributed by atoms with Gasteiger partial charge in [0, 0.05) is 18.7 Å². The molecule has 0 aromatic rings. The Labute approximate surface area is 137 Å². The molecule has 0 aliphatic carbocycles. The Bertz CT molecular complexity index is 612. The molecule has 4 aliphatic rings. The van der Waals surface area contributed by atoms with Crippen LogP contribution in [0.2, 0.25) is 0 Å². The highest BCUT2D eigenvalue weighted by atomic mass is 32.2. The number of hydrogen-bond acceptors (Lipinski definition) is 5. The summed E-state index contributed by atoms with van der Waals surface area (Å²) < 4.78 is 0. The summed E-state index contributed by atoms with van der Waals surface area (Å²) in [6, 6.07) is -1.67. The summed E-state index contributed by atoms with van der Waals surface area (Å²) in [6.07, 6.45) is 1.94. The molecule has 23 heavy (non-hydrogen) atoms. The van der Waals surface area contributed by atoms with Gasteiger partial charge in [0.05, 0.1) is 5.37 Å². The Morgan fingerprint density at radius 3 is 2.65 bits per heavy atom. The maximum absolute atomic E-state index is 12.7. The molecule has 2 N–H and O–H groups in total. The summed E-state index contributed by atoms with van der Waals surface area (Å²) in [6.45, 7) is 0.578. The molecule has 0 aromatic carbocycles. The van der Waals surface area contributed by atoms with Gasteiger partial charge in [0.2, 0.25) is 23.6 Å². The summed E-state index contributed by atoms with van der Waals surface area (Å²) in [5.74, 6) is -0.497. The van der Waals surface area contributed by atoms with E-state index in [1.807, 2.05) is 0 Å². The summed E-state index contributed by atoms with van der Waals surface area (Å²) in [7, 11) is 0. The number of primary amides is 1. The molecule has 4 fully saturated rings. The average molecular weight is 338 g/mol. The number of thioether (sulfide) groups is 1. The van der Waals surface area contributed by atoms with Crippen LogP contribution in [-0.4, -0.2) is 80.7 Å². The fraction of sp³-hybridized carbons (Fsp3) is 0.714. The highest BCUT2D eigenvalue weighted by molar-refractivity contribution is 8.00. The molecular formula is C14H18N4O4S. The number of carbonyl (C=O) groups is 4. The Morgan fingerprint density at radius 2 is 1.91 bits per heavy atom. The van der Waals surface area contributed by atoms with Crippen LogP contribution >= 0.6 is 11.8 Å².